The second-order valence-electron chi connectivity index (χ2n) is 5.04. The molecular formula is C13H19N3OS. The number of fused-ring (bicyclic) bond motifs is 1. The van der Waals surface area contributed by atoms with E-state index in [0.717, 1.165) is 25.3 Å². The number of thioether (sulfide) groups is 1. The van der Waals surface area contributed by atoms with Crippen LogP contribution in [0.15, 0.2) is 0 Å². The highest BCUT2D eigenvalue weighted by atomic mass is 32.2. The molecule has 1 aliphatic carbocycles. The Balaban J connectivity index is 1.71. The van der Waals surface area contributed by atoms with E-state index in [9.17, 15) is 4.79 Å². The predicted molar refractivity (Wildman–Crippen MR) is 72.7 cm³/mol. The molecule has 1 fully saturated rings. The van der Waals surface area contributed by atoms with Gasteiger partial charge in [0.1, 0.15) is 0 Å². The summed E-state index contributed by atoms with van der Waals surface area (Å²) in [6, 6.07) is 0. The van der Waals surface area contributed by atoms with Crippen molar-refractivity contribution in [3.8, 4) is 0 Å². The van der Waals surface area contributed by atoms with E-state index >= 15 is 0 Å². The van der Waals surface area contributed by atoms with Crippen molar-refractivity contribution < 1.29 is 4.79 Å². The summed E-state index contributed by atoms with van der Waals surface area (Å²) in [5, 5.41) is 7.60. The zero-order chi connectivity index (χ0) is 12.5. The molecule has 0 saturated heterocycles. The Labute approximate surface area is 112 Å². The van der Waals surface area contributed by atoms with Crippen LogP contribution in [-0.4, -0.2) is 39.1 Å². The number of rotatable bonds is 4. The van der Waals surface area contributed by atoms with Crippen LogP contribution in [0.25, 0.3) is 0 Å². The van der Waals surface area contributed by atoms with Gasteiger partial charge < -0.3 is 4.90 Å². The molecule has 0 radical (unpaired) electrons. The van der Waals surface area contributed by atoms with E-state index in [1.54, 1.807) is 11.8 Å². The van der Waals surface area contributed by atoms with Gasteiger partial charge in [-0.1, -0.05) is 6.92 Å². The highest BCUT2D eigenvalue weighted by molar-refractivity contribution is 7.99. The Kier molecular flexibility index (Phi) is 3.33. The van der Waals surface area contributed by atoms with Gasteiger partial charge in [0.25, 0.3) is 0 Å². The molecule has 18 heavy (non-hydrogen) atoms. The Bertz CT molecular complexity index is 453. The van der Waals surface area contributed by atoms with Crippen LogP contribution in [0.3, 0.4) is 0 Å². The van der Waals surface area contributed by atoms with Gasteiger partial charge in [-0.15, -0.1) is 0 Å². The predicted octanol–water partition coefficient (Wildman–Crippen LogP) is 1.92. The number of hydrogen-bond acceptors (Lipinski definition) is 3. The van der Waals surface area contributed by atoms with Crippen LogP contribution < -0.4 is 0 Å². The van der Waals surface area contributed by atoms with Crippen molar-refractivity contribution in [2.45, 2.75) is 38.6 Å². The summed E-state index contributed by atoms with van der Waals surface area (Å²) in [5.74, 6) is 2.55. The molecule has 4 nitrogen and oxygen atoms in total. The fourth-order valence-corrected chi connectivity index (χ4v) is 3.07. The average Bonchev–Trinajstić information content (AvgIpc) is 3.15. The van der Waals surface area contributed by atoms with E-state index in [4.69, 9.17) is 0 Å². The molecule has 1 aliphatic heterocycles. The number of nitrogens with zero attached hydrogens (tertiary/aromatic N) is 2. The number of amides is 1. The number of hydrogen-bond donors (Lipinski definition) is 1. The summed E-state index contributed by atoms with van der Waals surface area (Å²) in [6.07, 6.45) is 3.45. The zero-order valence-corrected chi connectivity index (χ0v) is 11.6. The topological polar surface area (TPSA) is 49.0 Å². The minimum absolute atomic E-state index is 0.274. The first-order chi connectivity index (χ1) is 8.79. The van der Waals surface area contributed by atoms with E-state index in [1.807, 2.05) is 4.90 Å². The quantitative estimate of drug-likeness (QED) is 0.905. The van der Waals surface area contributed by atoms with Crippen molar-refractivity contribution >= 4 is 17.7 Å². The molecule has 1 N–H and O–H groups in total. The highest BCUT2D eigenvalue weighted by Crippen LogP contribution is 2.42. The lowest BCUT2D eigenvalue weighted by atomic mass is 10.0. The molecule has 1 amide bonds. The van der Waals surface area contributed by atoms with E-state index < -0.39 is 0 Å². The second-order valence-corrected chi connectivity index (χ2v) is 6.32. The number of carbonyl (C=O) groups excluding carboxylic acids is 1. The number of H-pyrrole nitrogens is 1. The highest BCUT2D eigenvalue weighted by Gasteiger charge is 2.33. The fourth-order valence-electron chi connectivity index (χ4n) is 2.51. The van der Waals surface area contributed by atoms with Gasteiger partial charge in [-0.05, 0) is 18.6 Å². The molecule has 2 aliphatic rings. The van der Waals surface area contributed by atoms with Crippen LogP contribution >= 0.6 is 11.8 Å². The molecule has 98 valence electrons. The minimum atomic E-state index is 0.274. The minimum Gasteiger partial charge on any atom is -0.337 e. The molecule has 0 atom stereocenters. The van der Waals surface area contributed by atoms with Crippen LogP contribution in [0.5, 0.6) is 0 Å². The van der Waals surface area contributed by atoms with Gasteiger partial charge in [-0.3, -0.25) is 9.89 Å². The lowest BCUT2D eigenvalue weighted by Gasteiger charge is -2.27. The standard InChI is InChI=1S/C13H19N3OS/c1-2-18-8-12(17)16-6-5-11-10(7-16)13(15-14-11)9-3-4-9/h9H,2-8H2,1H3,(H,14,15). The second kappa shape index (κ2) is 4.96. The Morgan fingerprint density at radius 3 is 3.11 bits per heavy atom. The third kappa shape index (κ3) is 2.28. The summed E-state index contributed by atoms with van der Waals surface area (Å²) in [4.78, 5) is 14.1. The van der Waals surface area contributed by atoms with E-state index in [-0.39, 0.29) is 5.91 Å². The number of aromatic nitrogens is 2. The van der Waals surface area contributed by atoms with Crippen LogP contribution in [0.4, 0.5) is 0 Å². The van der Waals surface area contributed by atoms with E-state index in [1.165, 1.54) is 29.8 Å². The Morgan fingerprint density at radius 2 is 2.39 bits per heavy atom. The zero-order valence-electron chi connectivity index (χ0n) is 10.7. The van der Waals surface area contributed by atoms with Crippen molar-refractivity contribution in [1.82, 2.24) is 15.1 Å². The molecular weight excluding hydrogens is 246 g/mol. The van der Waals surface area contributed by atoms with Crippen molar-refractivity contribution in [2.75, 3.05) is 18.1 Å². The summed E-state index contributed by atoms with van der Waals surface area (Å²) < 4.78 is 0. The third-order valence-electron chi connectivity index (χ3n) is 3.71. The molecule has 0 spiro atoms. The first kappa shape index (κ1) is 12.1. The number of aromatic amines is 1. The van der Waals surface area contributed by atoms with Gasteiger partial charge in [0, 0.05) is 36.7 Å². The molecule has 1 aromatic heterocycles. The summed E-state index contributed by atoms with van der Waals surface area (Å²) >= 11 is 1.70. The fraction of sp³-hybridized carbons (Fsp3) is 0.692. The van der Waals surface area contributed by atoms with Gasteiger partial charge in [0.15, 0.2) is 0 Å². The molecule has 0 bridgehead atoms. The van der Waals surface area contributed by atoms with Gasteiger partial charge in [-0.25, -0.2) is 0 Å². The molecule has 5 heteroatoms. The molecule has 1 aromatic rings. The van der Waals surface area contributed by atoms with Gasteiger partial charge in [0.05, 0.1) is 11.4 Å². The molecule has 3 rings (SSSR count). The molecule has 0 unspecified atom stereocenters. The maximum absolute atomic E-state index is 12.1. The number of carbonyl (C=O) groups is 1. The van der Waals surface area contributed by atoms with E-state index in [2.05, 4.69) is 17.1 Å². The maximum atomic E-state index is 12.1. The smallest absolute Gasteiger partial charge is 0.232 e. The number of nitrogens with one attached hydrogen (secondary N) is 1. The van der Waals surface area contributed by atoms with Gasteiger partial charge in [0.2, 0.25) is 5.91 Å². The average molecular weight is 265 g/mol. The first-order valence-electron chi connectivity index (χ1n) is 6.71. The van der Waals surface area contributed by atoms with Gasteiger partial charge >= 0.3 is 0 Å². The summed E-state index contributed by atoms with van der Waals surface area (Å²) in [5.41, 5.74) is 3.79. The monoisotopic (exact) mass is 265 g/mol. The van der Waals surface area contributed by atoms with Crippen LogP contribution in [0, 0.1) is 0 Å². The third-order valence-corrected chi connectivity index (χ3v) is 4.57. The lowest BCUT2D eigenvalue weighted by molar-refractivity contribution is -0.129. The lowest BCUT2D eigenvalue weighted by Crippen LogP contribution is -2.37. The van der Waals surface area contributed by atoms with Crippen LogP contribution in [0.1, 0.15) is 42.6 Å². The van der Waals surface area contributed by atoms with Crippen molar-refractivity contribution in [3.63, 3.8) is 0 Å². The molecule has 0 aromatic carbocycles. The SMILES string of the molecule is CCSCC(=O)N1CCc2[nH]nc(C3CC3)c2C1. The van der Waals surface area contributed by atoms with Crippen molar-refractivity contribution in [2.24, 2.45) is 0 Å². The largest absolute Gasteiger partial charge is 0.337 e. The Hall–Kier alpha value is -0.970. The summed E-state index contributed by atoms with van der Waals surface area (Å²) in [6.45, 7) is 3.69. The normalized spacial score (nSPS) is 18.8. The maximum Gasteiger partial charge on any atom is 0.232 e. The van der Waals surface area contributed by atoms with E-state index in [0.29, 0.717) is 11.7 Å². The summed E-state index contributed by atoms with van der Waals surface area (Å²) in [7, 11) is 0. The van der Waals surface area contributed by atoms with Crippen molar-refractivity contribution in [1.29, 1.82) is 0 Å². The van der Waals surface area contributed by atoms with Crippen LogP contribution in [0.2, 0.25) is 0 Å². The van der Waals surface area contributed by atoms with Crippen molar-refractivity contribution in [3.05, 3.63) is 17.0 Å². The molecule has 1 saturated carbocycles. The van der Waals surface area contributed by atoms with Crippen LogP contribution in [-0.2, 0) is 17.8 Å². The molecule has 2 heterocycles. The van der Waals surface area contributed by atoms with Gasteiger partial charge in [-0.2, -0.15) is 16.9 Å². The Morgan fingerprint density at radius 1 is 1.56 bits per heavy atom. The first-order valence-corrected chi connectivity index (χ1v) is 7.86.